The molecule has 6 rings (SSSR count). The number of aryl methyl sites for hydroxylation is 1. The summed E-state index contributed by atoms with van der Waals surface area (Å²) < 4.78 is 29.9. The fraction of sp³-hybridized carbons (Fsp3) is 0.561. The van der Waals surface area contributed by atoms with Gasteiger partial charge < -0.3 is 85.2 Å². The van der Waals surface area contributed by atoms with Gasteiger partial charge in [-0.05, 0) is 74.6 Å². The third kappa shape index (κ3) is 17.8. The summed E-state index contributed by atoms with van der Waals surface area (Å²) in [5.74, 6) is -9.32. The van der Waals surface area contributed by atoms with E-state index in [1.807, 2.05) is 36.5 Å². The smallest absolute Gasteiger partial charge is 0.407 e. The van der Waals surface area contributed by atoms with E-state index < -0.39 is 134 Å². The predicted molar refractivity (Wildman–Crippen MR) is 311 cm³/mol. The number of hydrogen-bond donors (Lipinski definition) is 10. The predicted octanol–water partition coefficient (Wildman–Crippen LogP) is 1.01. The number of ether oxygens (including phenoxy) is 4. The van der Waals surface area contributed by atoms with Crippen LogP contribution in [0.4, 0.5) is 14.4 Å². The van der Waals surface area contributed by atoms with Crippen LogP contribution in [0.3, 0.4) is 0 Å². The number of amides is 7. The van der Waals surface area contributed by atoms with Crippen molar-refractivity contribution in [1.29, 1.82) is 0 Å². The van der Waals surface area contributed by atoms with E-state index in [0.717, 1.165) is 22.0 Å². The molecule has 3 aliphatic heterocycles. The molecule has 2 aromatic heterocycles. The van der Waals surface area contributed by atoms with Crippen LogP contribution < -0.4 is 42.6 Å². The first-order valence-corrected chi connectivity index (χ1v) is 31.3. The summed E-state index contributed by atoms with van der Waals surface area (Å²) in [5, 5.41) is 52.9. The Labute approximate surface area is 506 Å². The molecule has 3 aromatic rings. The van der Waals surface area contributed by atoms with Crippen molar-refractivity contribution in [1.82, 2.24) is 46.4 Å². The Morgan fingerprint density at radius 2 is 1.41 bits per heavy atom. The first-order chi connectivity index (χ1) is 42.0. The summed E-state index contributed by atoms with van der Waals surface area (Å²) in [6.07, 6.45) is -0.239. The molecule has 0 unspecified atom stereocenters. The summed E-state index contributed by atoms with van der Waals surface area (Å²) in [7, 11) is -4.15. The molecule has 480 valence electrons. The molecule has 1 aromatic carbocycles. The van der Waals surface area contributed by atoms with Crippen LogP contribution in [0.2, 0.25) is 6.04 Å². The second-order valence-corrected chi connectivity index (χ2v) is 25.0. The number of para-hydroxylation sites is 1. The third-order valence-electron chi connectivity index (χ3n) is 15.2. The molecule has 1 saturated heterocycles. The van der Waals surface area contributed by atoms with Gasteiger partial charge in [-0.2, -0.15) is 0 Å². The number of aliphatic carboxylic acids is 4. The van der Waals surface area contributed by atoms with Crippen molar-refractivity contribution in [2.24, 2.45) is 5.92 Å². The topological polar surface area (TPSA) is 425 Å². The van der Waals surface area contributed by atoms with Gasteiger partial charge in [-0.1, -0.05) is 45.9 Å². The second kappa shape index (κ2) is 32.4. The van der Waals surface area contributed by atoms with Crippen molar-refractivity contribution in [3.8, 4) is 11.4 Å². The number of carboxylic acids is 4. The van der Waals surface area contributed by atoms with Gasteiger partial charge in [-0.15, -0.1) is 0 Å². The van der Waals surface area contributed by atoms with Crippen molar-refractivity contribution < 1.29 is 96.5 Å². The van der Waals surface area contributed by atoms with Gasteiger partial charge in [0.1, 0.15) is 36.8 Å². The lowest BCUT2D eigenvalue weighted by atomic mass is 9.99. The molecule has 3 aliphatic rings. The normalized spacial score (nSPS) is 17.0. The molecule has 5 heterocycles. The molecular formula is C57H77N9O21Si. The molecule has 0 spiro atoms. The van der Waals surface area contributed by atoms with Gasteiger partial charge in [-0.25, -0.2) is 24.2 Å². The minimum absolute atomic E-state index is 0.00501. The number of carbonyl (C=O) groups excluding carboxylic acids is 7. The highest BCUT2D eigenvalue weighted by atomic mass is 28.4. The van der Waals surface area contributed by atoms with E-state index in [4.69, 9.17) is 33.5 Å². The highest BCUT2D eigenvalue weighted by Crippen LogP contribution is 2.37. The van der Waals surface area contributed by atoms with E-state index in [1.165, 1.54) is 4.90 Å². The van der Waals surface area contributed by atoms with Crippen molar-refractivity contribution in [2.45, 2.75) is 141 Å². The lowest BCUT2D eigenvalue weighted by molar-refractivity contribution is -0.147. The molecule has 1 fully saturated rings. The summed E-state index contributed by atoms with van der Waals surface area (Å²) >= 11 is 0. The highest BCUT2D eigenvalue weighted by Gasteiger charge is 2.56. The monoisotopic (exact) mass is 1250 g/mol. The molecule has 0 bridgehead atoms. The van der Waals surface area contributed by atoms with Crippen molar-refractivity contribution in [3.05, 3.63) is 57.4 Å². The summed E-state index contributed by atoms with van der Waals surface area (Å²) in [6.45, 7) is 7.85. The number of nitrogens with zero attached hydrogens (tertiary/aromatic N) is 3. The Morgan fingerprint density at radius 1 is 0.750 bits per heavy atom. The number of unbranched alkanes of at least 4 members (excludes halogenated alkanes) is 1. The minimum Gasteiger partial charge on any atom is -0.501 e. The van der Waals surface area contributed by atoms with Gasteiger partial charge in [-0.3, -0.25) is 38.4 Å². The average Bonchev–Trinajstić information content (AvgIpc) is 1.47. The number of carbonyl (C=O) groups is 11. The van der Waals surface area contributed by atoms with Crippen molar-refractivity contribution in [2.75, 3.05) is 59.3 Å². The number of urea groups is 2. The van der Waals surface area contributed by atoms with Crippen LogP contribution in [0, 0.1) is 5.92 Å². The lowest BCUT2D eigenvalue weighted by Crippen LogP contribution is -2.66. The maximum absolute atomic E-state index is 14.4. The molecular weight excluding hydrogens is 1170 g/mol. The minimum atomic E-state index is -4.15. The molecule has 0 aliphatic carbocycles. The van der Waals surface area contributed by atoms with Gasteiger partial charge in [0, 0.05) is 48.6 Å². The number of nitrogens with one attached hydrogen (secondary N) is 6. The quantitative estimate of drug-likeness (QED) is 0.0227. The largest absolute Gasteiger partial charge is 0.501 e. The number of carboxylic acid groups (broad SMARTS) is 4. The second-order valence-electron chi connectivity index (χ2n) is 21.5. The molecule has 31 heteroatoms. The van der Waals surface area contributed by atoms with Crippen molar-refractivity contribution in [3.63, 3.8) is 0 Å². The zero-order valence-electron chi connectivity index (χ0n) is 49.5. The van der Waals surface area contributed by atoms with Crippen LogP contribution in [0.5, 0.6) is 0 Å². The van der Waals surface area contributed by atoms with Gasteiger partial charge >= 0.3 is 55.8 Å². The molecule has 88 heavy (non-hydrogen) atoms. The number of hydrogen-bond acceptors (Lipinski definition) is 18. The number of rotatable bonds is 35. The average molecular weight is 1250 g/mol. The zero-order valence-corrected chi connectivity index (χ0v) is 50.5. The molecule has 0 saturated carbocycles. The third-order valence-corrected chi connectivity index (χ3v) is 18.9. The highest BCUT2D eigenvalue weighted by molar-refractivity contribution is 7.10. The fourth-order valence-corrected chi connectivity index (χ4v) is 13.7. The fourth-order valence-electron chi connectivity index (χ4n) is 10.6. The van der Waals surface area contributed by atoms with Gasteiger partial charge in [0.25, 0.3) is 5.56 Å². The Hall–Kier alpha value is -8.55. The number of cyclic esters (lactones) is 1. The van der Waals surface area contributed by atoms with E-state index in [1.54, 1.807) is 31.4 Å². The first kappa shape index (κ1) is 68.6. The Morgan fingerprint density at radius 3 is 2.06 bits per heavy atom. The van der Waals surface area contributed by atoms with Gasteiger partial charge in [0.05, 0.1) is 75.1 Å². The standard InChI is InChI=1S/C57H77N9O21Si/c1-5-33-34-12-7-8-13-37(34)61-48-35(33)30-66-42(48)29-43-36(50(66)73)31-86-57(82)88(43,6-2)87-54(79)47(32(3)4)64-49(72)41-15-11-21-65(41)51(74)40(28-46(70)71)60-44(67)18-22-83-24-26-85-27-25-84-23-20-59-55(80)58-19-10-9-14-38(52(75)76)62-56(81)63-39(53(77)78)16-17-45(68)69/h7-8,12-13,29,32,38-41,47H,5-6,9-11,14-28,30-31H2,1-4H3,(H,60,67)(H,64,72)(H,68,69)(H,70,71)(H,75,76)(H,77,78)(H2,58,59,80)(H2,62,63,81)/t38-,39-,40-,41-,47-,88-/m0/s1. The maximum atomic E-state index is 14.4. The van der Waals surface area contributed by atoms with Crippen LogP contribution in [-0.2, 0) is 81.3 Å². The molecule has 7 amide bonds. The number of fused-ring (bicyclic) bond motifs is 5. The SMILES string of the molecule is CCc1c2c(nc3ccccc13)-c1cc3c(c(=O)n1C2)COC(=O)[Si@@]3(CC)OC(=O)[C@@H](NC(=O)[C@@H]1CCCN1C(=O)[C@H](CC(=O)O)NC(=O)CCOCCOCCOCCNC(=O)NCCCC[C@H](NC(=O)N[C@@H](CCC(=O)O)C(=O)O)C(=O)O)C(C)C. The summed E-state index contributed by atoms with van der Waals surface area (Å²) in [4.78, 5) is 160. The molecule has 10 N–H and O–H groups in total. The summed E-state index contributed by atoms with van der Waals surface area (Å²) in [5.41, 5.74) is 2.81. The first-order valence-electron chi connectivity index (χ1n) is 29.2. The Balaban J connectivity index is 0.891. The van der Waals surface area contributed by atoms with Gasteiger partial charge in [0.15, 0.2) is 0 Å². The number of aromatic nitrogens is 2. The van der Waals surface area contributed by atoms with E-state index in [9.17, 15) is 72.9 Å². The number of pyridine rings is 2. The van der Waals surface area contributed by atoms with E-state index in [2.05, 4.69) is 26.6 Å². The van der Waals surface area contributed by atoms with Gasteiger partial charge in [0.2, 0.25) is 17.7 Å². The molecule has 30 nitrogen and oxygen atoms in total. The lowest BCUT2D eigenvalue weighted by Gasteiger charge is -2.35. The van der Waals surface area contributed by atoms with E-state index in [0.29, 0.717) is 35.8 Å². The maximum Gasteiger partial charge on any atom is 0.407 e. The van der Waals surface area contributed by atoms with Crippen LogP contribution in [0.1, 0.15) is 102 Å². The molecule has 0 radical (unpaired) electrons. The Bertz CT molecular complexity index is 3160. The van der Waals surface area contributed by atoms with Crippen LogP contribution >= 0.6 is 0 Å². The molecule has 6 atom stereocenters. The van der Waals surface area contributed by atoms with Crippen LogP contribution in [0.15, 0.2) is 35.1 Å². The zero-order chi connectivity index (χ0) is 64.2. The Kier molecular flexibility index (Phi) is 25.3. The van der Waals surface area contributed by atoms with E-state index >= 15 is 0 Å². The van der Waals surface area contributed by atoms with E-state index in [-0.39, 0.29) is 110 Å². The summed E-state index contributed by atoms with van der Waals surface area (Å²) in [6, 6.07) is 0.856. The van der Waals surface area contributed by atoms with Crippen molar-refractivity contribution >= 4 is 89.6 Å². The number of likely N-dealkylation sites (tertiary alicyclic amines) is 1. The number of benzene rings is 1. The van der Waals surface area contributed by atoms with Crippen LogP contribution in [-0.4, -0.2) is 198 Å². The van der Waals surface area contributed by atoms with Crippen LogP contribution in [0.25, 0.3) is 22.3 Å².